The van der Waals surface area contributed by atoms with Gasteiger partial charge < -0.3 is 5.11 Å². The molecule has 2 aromatic rings. The van der Waals surface area contributed by atoms with E-state index in [1.54, 1.807) is 24.1 Å². The highest BCUT2D eigenvalue weighted by Gasteiger charge is 2.20. The Kier molecular flexibility index (Phi) is 5.22. The molecule has 0 bridgehead atoms. The summed E-state index contributed by atoms with van der Waals surface area (Å²) in [6.45, 7) is 2.29. The van der Waals surface area contributed by atoms with Gasteiger partial charge in [-0.3, -0.25) is 14.7 Å². The molecule has 0 spiro atoms. The van der Waals surface area contributed by atoms with Gasteiger partial charge in [0.1, 0.15) is 11.9 Å². The lowest BCUT2D eigenvalue weighted by molar-refractivity contribution is -0.143. The zero-order chi connectivity index (χ0) is 16.1. The standard InChI is InChI=1S/C17H19FN2O2/c1-3-16(17(21)22)20(2)11-14-5-4-6-15(19-14)12-7-9-13(18)10-8-12/h4-10,16H,3,11H2,1-2H3,(H,21,22)/t16-/m1/s1. The highest BCUT2D eigenvalue weighted by Crippen LogP contribution is 2.18. The number of carboxylic acid groups (broad SMARTS) is 1. The number of halogens is 1. The van der Waals surface area contributed by atoms with Crippen LogP contribution in [-0.4, -0.2) is 34.0 Å². The van der Waals surface area contributed by atoms with Crippen LogP contribution in [0.5, 0.6) is 0 Å². The smallest absolute Gasteiger partial charge is 0.320 e. The van der Waals surface area contributed by atoms with Crippen molar-refractivity contribution in [2.75, 3.05) is 7.05 Å². The van der Waals surface area contributed by atoms with Crippen molar-refractivity contribution in [2.45, 2.75) is 25.9 Å². The van der Waals surface area contributed by atoms with E-state index < -0.39 is 12.0 Å². The molecule has 1 atom stereocenters. The maximum absolute atomic E-state index is 13.0. The second-order valence-electron chi connectivity index (χ2n) is 5.20. The van der Waals surface area contributed by atoms with Crippen LogP contribution in [0.3, 0.4) is 0 Å². The molecule has 0 radical (unpaired) electrons. The van der Waals surface area contributed by atoms with Crippen LogP contribution in [0.25, 0.3) is 11.3 Å². The number of likely N-dealkylation sites (N-methyl/N-ethyl adjacent to an activating group) is 1. The molecule has 1 heterocycles. The Bertz CT molecular complexity index is 643. The molecule has 0 aliphatic carbocycles. The van der Waals surface area contributed by atoms with Gasteiger partial charge >= 0.3 is 5.97 Å². The normalized spacial score (nSPS) is 12.4. The number of aliphatic carboxylic acids is 1. The maximum Gasteiger partial charge on any atom is 0.320 e. The molecule has 5 heteroatoms. The van der Waals surface area contributed by atoms with Crippen molar-refractivity contribution >= 4 is 5.97 Å². The molecule has 1 aromatic heterocycles. The number of hydrogen-bond donors (Lipinski definition) is 1. The van der Waals surface area contributed by atoms with Crippen molar-refractivity contribution in [3.8, 4) is 11.3 Å². The minimum Gasteiger partial charge on any atom is -0.480 e. The van der Waals surface area contributed by atoms with Crippen LogP contribution in [0.1, 0.15) is 19.0 Å². The fourth-order valence-electron chi connectivity index (χ4n) is 2.39. The van der Waals surface area contributed by atoms with E-state index >= 15 is 0 Å². The largest absolute Gasteiger partial charge is 0.480 e. The monoisotopic (exact) mass is 302 g/mol. The van der Waals surface area contributed by atoms with Crippen molar-refractivity contribution in [1.29, 1.82) is 0 Å². The van der Waals surface area contributed by atoms with Gasteiger partial charge in [0.05, 0.1) is 11.4 Å². The van der Waals surface area contributed by atoms with E-state index in [9.17, 15) is 14.3 Å². The first-order chi connectivity index (χ1) is 10.5. The molecule has 0 amide bonds. The number of carboxylic acids is 1. The first-order valence-corrected chi connectivity index (χ1v) is 7.16. The average molecular weight is 302 g/mol. The Labute approximate surface area is 129 Å². The molecule has 0 saturated carbocycles. The second-order valence-corrected chi connectivity index (χ2v) is 5.20. The highest BCUT2D eigenvalue weighted by atomic mass is 19.1. The summed E-state index contributed by atoms with van der Waals surface area (Å²) in [5.41, 5.74) is 2.36. The first kappa shape index (κ1) is 16.1. The Morgan fingerprint density at radius 2 is 1.95 bits per heavy atom. The summed E-state index contributed by atoms with van der Waals surface area (Å²) in [7, 11) is 1.77. The Hall–Kier alpha value is -2.27. The molecule has 4 nitrogen and oxygen atoms in total. The van der Waals surface area contributed by atoms with Crippen molar-refractivity contribution in [3.63, 3.8) is 0 Å². The summed E-state index contributed by atoms with van der Waals surface area (Å²) < 4.78 is 13.0. The number of rotatable bonds is 6. The van der Waals surface area contributed by atoms with E-state index in [4.69, 9.17) is 0 Å². The summed E-state index contributed by atoms with van der Waals surface area (Å²) in [6, 6.07) is 11.2. The van der Waals surface area contributed by atoms with Crippen LogP contribution in [0, 0.1) is 5.82 Å². The molecule has 0 unspecified atom stereocenters. The van der Waals surface area contributed by atoms with Crippen LogP contribution in [-0.2, 0) is 11.3 Å². The molecular formula is C17H19FN2O2. The zero-order valence-corrected chi connectivity index (χ0v) is 12.7. The van der Waals surface area contributed by atoms with Crippen LogP contribution >= 0.6 is 0 Å². The average Bonchev–Trinajstić information content (AvgIpc) is 2.48. The Balaban J connectivity index is 2.18. The number of pyridine rings is 1. The number of hydrogen-bond acceptors (Lipinski definition) is 3. The van der Waals surface area contributed by atoms with Crippen molar-refractivity contribution < 1.29 is 14.3 Å². The Morgan fingerprint density at radius 3 is 2.55 bits per heavy atom. The van der Waals surface area contributed by atoms with E-state index in [2.05, 4.69) is 4.98 Å². The molecule has 0 aliphatic heterocycles. The van der Waals surface area contributed by atoms with Gasteiger partial charge in [0, 0.05) is 12.1 Å². The quantitative estimate of drug-likeness (QED) is 0.890. The molecule has 1 aromatic carbocycles. The van der Waals surface area contributed by atoms with Gasteiger partial charge in [-0.05, 0) is 49.9 Å². The van der Waals surface area contributed by atoms with Crippen molar-refractivity contribution in [2.24, 2.45) is 0 Å². The summed E-state index contributed by atoms with van der Waals surface area (Å²) in [4.78, 5) is 17.5. The third kappa shape index (κ3) is 3.89. The predicted molar refractivity (Wildman–Crippen MR) is 82.8 cm³/mol. The van der Waals surface area contributed by atoms with Crippen LogP contribution in [0.2, 0.25) is 0 Å². The van der Waals surface area contributed by atoms with Crippen molar-refractivity contribution in [1.82, 2.24) is 9.88 Å². The lowest BCUT2D eigenvalue weighted by Crippen LogP contribution is -2.37. The van der Waals surface area contributed by atoms with Crippen LogP contribution < -0.4 is 0 Å². The molecule has 22 heavy (non-hydrogen) atoms. The van der Waals surface area contributed by atoms with Gasteiger partial charge in [-0.25, -0.2) is 4.39 Å². The van der Waals surface area contributed by atoms with Crippen LogP contribution in [0.4, 0.5) is 4.39 Å². The number of benzene rings is 1. The molecule has 0 aliphatic rings. The van der Waals surface area contributed by atoms with E-state index in [-0.39, 0.29) is 5.82 Å². The fourth-order valence-corrected chi connectivity index (χ4v) is 2.39. The topological polar surface area (TPSA) is 53.4 Å². The van der Waals surface area contributed by atoms with Gasteiger partial charge in [0.2, 0.25) is 0 Å². The molecule has 116 valence electrons. The summed E-state index contributed by atoms with van der Waals surface area (Å²) in [6.07, 6.45) is 0.531. The van der Waals surface area contributed by atoms with E-state index in [0.29, 0.717) is 13.0 Å². The van der Waals surface area contributed by atoms with Gasteiger partial charge in [-0.1, -0.05) is 13.0 Å². The molecule has 1 N–H and O–H groups in total. The maximum atomic E-state index is 13.0. The predicted octanol–water partition coefficient (Wildman–Crippen LogP) is 3.18. The number of aromatic nitrogens is 1. The summed E-state index contributed by atoms with van der Waals surface area (Å²) >= 11 is 0. The van der Waals surface area contributed by atoms with E-state index in [1.165, 1.54) is 12.1 Å². The first-order valence-electron chi connectivity index (χ1n) is 7.16. The van der Waals surface area contributed by atoms with Gasteiger partial charge in [-0.2, -0.15) is 0 Å². The van der Waals surface area contributed by atoms with Gasteiger partial charge in [0.25, 0.3) is 0 Å². The highest BCUT2D eigenvalue weighted by molar-refractivity contribution is 5.73. The second kappa shape index (κ2) is 7.13. The minimum absolute atomic E-state index is 0.285. The van der Waals surface area contributed by atoms with Gasteiger partial charge in [-0.15, -0.1) is 0 Å². The lowest BCUT2D eigenvalue weighted by Gasteiger charge is -2.23. The Morgan fingerprint density at radius 1 is 1.27 bits per heavy atom. The minimum atomic E-state index is -0.834. The third-order valence-electron chi connectivity index (χ3n) is 3.56. The molecule has 0 fully saturated rings. The van der Waals surface area contributed by atoms with E-state index in [0.717, 1.165) is 17.0 Å². The molecular weight excluding hydrogens is 283 g/mol. The number of nitrogens with zero attached hydrogens (tertiary/aromatic N) is 2. The molecule has 0 saturated heterocycles. The SMILES string of the molecule is CC[C@H](C(=O)O)N(C)Cc1cccc(-c2ccc(F)cc2)n1. The summed E-state index contributed by atoms with van der Waals surface area (Å²) in [5.74, 6) is -1.12. The zero-order valence-electron chi connectivity index (χ0n) is 12.7. The van der Waals surface area contributed by atoms with Crippen LogP contribution in [0.15, 0.2) is 42.5 Å². The fraction of sp³-hybridized carbons (Fsp3) is 0.294. The number of carbonyl (C=O) groups is 1. The third-order valence-corrected chi connectivity index (χ3v) is 3.56. The molecule has 2 rings (SSSR count). The summed E-state index contributed by atoms with van der Waals surface area (Å²) in [5, 5.41) is 9.18. The van der Waals surface area contributed by atoms with Gasteiger partial charge in [0.15, 0.2) is 0 Å². The van der Waals surface area contributed by atoms with E-state index in [1.807, 2.05) is 25.1 Å². The lowest BCUT2D eigenvalue weighted by atomic mass is 10.1. The van der Waals surface area contributed by atoms with Crippen molar-refractivity contribution in [3.05, 3.63) is 54.0 Å².